The highest BCUT2D eigenvalue weighted by Crippen LogP contribution is 2.09. The first-order valence-electron chi connectivity index (χ1n) is 7.63. The molecule has 2 rings (SSSR count). The van der Waals surface area contributed by atoms with Crippen LogP contribution in [0.4, 0.5) is 0 Å². The lowest BCUT2D eigenvalue weighted by Gasteiger charge is -2.21. The number of β-amino-alcohol motifs (C(OH)–C–C–N with tert-alkyl or cyclic N) is 1. The maximum atomic E-state index is 10.1. The van der Waals surface area contributed by atoms with E-state index in [-0.39, 0.29) is 12.7 Å². The summed E-state index contributed by atoms with van der Waals surface area (Å²) in [7, 11) is 0. The van der Waals surface area contributed by atoms with E-state index < -0.39 is 0 Å². The number of rotatable bonds is 7. The highest BCUT2D eigenvalue weighted by atomic mass is 16.5. The first-order chi connectivity index (χ1) is 10.3. The van der Waals surface area contributed by atoms with Gasteiger partial charge in [-0.1, -0.05) is 30.3 Å². The molecule has 0 spiro atoms. The van der Waals surface area contributed by atoms with Crippen molar-refractivity contribution in [1.82, 2.24) is 9.80 Å². The Morgan fingerprint density at radius 2 is 1.76 bits per heavy atom. The van der Waals surface area contributed by atoms with Crippen molar-refractivity contribution in [1.29, 1.82) is 0 Å². The van der Waals surface area contributed by atoms with Crippen LogP contribution in [0.5, 0.6) is 0 Å². The average molecular weight is 294 g/mol. The van der Waals surface area contributed by atoms with Crippen LogP contribution in [-0.4, -0.2) is 78.7 Å². The summed E-state index contributed by atoms with van der Waals surface area (Å²) in [6, 6.07) is 10.4. The van der Waals surface area contributed by atoms with E-state index in [2.05, 4.69) is 21.9 Å². The lowest BCUT2D eigenvalue weighted by atomic mass is 10.2. The first kappa shape index (κ1) is 16.4. The number of benzene rings is 1. The van der Waals surface area contributed by atoms with E-state index in [1.54, 1.807) is 0 Å². The Labute approximate surface area is 126 Å². The summed E-state index contributed by atoms with van der Waals surface area (Å²) in [6.45, 7) is 6.02. The minimum absolute atomic E-state index is 0.0630. The van der Waals surface area contributed by atoms with Crippen molar-refractivity contribution in [2.45, 2.75) is 12.6 Å². The quantitative estimate of drug-likeness (QED) is 0.702. The molecule has 2 N–H and O–H groups in total. The third-order valence-corrected chi connectivity index (χ3v) is 3.71. The zero-order valence-electron chi connectivity index (χ0n) is 12.5. The van der Waals surface area contributed by atoms with E-state index in [1.807, 2.05) is 18.2 Å². The fourth-order valence-electron chi connectivity index (χ4n) is 2.67. The van der Waals surface area contributed by atoms with Crippen molar-refractivity contribution in [3.05, 3.63) is 35.9 Å². The molecule has 0 radical (unpaired) electrons. The van der Waals surface area contributed by atoms with E-state index in [0.29, 0.717) is 26.3 Å². The van der Waals surface area contributed by atoms with Crippen molar-refractivity contribution >= 4 is 0 Å². The summed E-state index contributed by atoms with van der Waals surface area (Å²) in [4.78, 5) is 4.53. The molecule has 0 bridgehead atoms. The van der Waals surface area contributed by atoms with Crippen molar-refractivity contribution < 1.29 is 14.9 Å². The van der Waals surface area contributed by atoms with Gasteiger partial charge in [0.05, 0.1) is 25.9 Å². The smallest absolute Gasteiger partial charge is 0.0793 e. The highest BCUT2D eigenvalue weighted by Gasteiger charge is 2.20. The molecule has 0 amide bonds. The van der Waals surface area contributed by atoms with E-state index in [4.69, 9.17) is 9.84 Å². The van der Waals surface area contributed by atoms with Crippen LogP contribution in [0.25, 0.3) is 0 Å². The minimum atomic E-state index is -0.325. The van der Waals surface area contributed by atoms with E-state index in [0.717, 1.165) is 26.2 Å². The standard InChI is InChI=1S/C16H26N2O3/c19-9-11-21-10-8-17-6-7-18(14-16(20)13-17)12-15-4-2-1-3-5-15/h1-5,16,19-20H,6-14H2/t16-/m1/s1. The zero-order valence-corrected chi connectivity index (χ0v) is 12.5. The fourth-order valence-corrected chi connectivity index (χ4v) is 2.67. The van der Waals surface area contributed by atoms with E-state index in [9.17, 15) is 5.11 Å². The van der Waals surface area contributed by atoms with Crippen LogP contribution in [0.15, 0.2) is 30.3 Å². The number of ether oxygens (including phenoxy) is 1. The van der Waals surface area contributed by atoms with Crippen molar-refractivity contribution in [2.24, 2.45) is 0 Å². The van der Waals surface area contributed by atoms with Crippen LogP contribution in [0, 0.1) is 0 Å². The van der Waals surface area contributed by atoms with E-state index in [1.165, 1.54) is 5.56 Å². The molecule has 1 aliphatic rings. The molecule has 1 aromatic carbocycles. The van der Waals surface area contributed by atoms with Gasteiger partial charge in [0, 0.05) is 39.3 Å². The first-order valence-corrected chi connectivity index (χ1v) is 7.63. The lowest BCUT2D eigenvalue weighted by Crippen LogP contribution is -2.35. The molecule has 1 aliphatic heterocycles. The summed E-state index contributed by atoms with van der Waals surface area (Å²) < 4.78 is 5.30. The monoisotopic (exact) mass is 294 g/mol. The van der Waals surface area contributed by atoms with Crippen molar-refractivity contribution in [2.75, 3.05) is 52.5 Å². The molecular formula is C16H26N2O3. The predicted molar refractivity (Wildman–Crippen MR) is 82.1 cm³/mol. The van der Waals surface area contributed by atoms with Gasteiger partial charge in [-0.3, -0.25) is 9.80 Å². The van der Waals surface area contributed by atoms with Crippen molar-refractivity contribution in [3.63, 3.8) is 0 Å². The zero-order chi connectivity index (χ0) is 14.9. The van der Waals surface area contributed by atoms with E-state index >= 15 is 0 Å². The van der Waals surface area contributed by atoms with Gasteiger partial charge in [-0.25, -0.2) is 0 Å². The fraction of sp³-hybridized carbons (Fsp3) is 0.625. The second-order valence-corrected chi connectivity index (χ2v) is 5.51. The Morgan fingerprint density at radius 3 is 2.52 bits per heavy atom. The van der Waals surface area contributed by atoms with Crippen LogP contribution < -0.4 is 0 Å². The second kappa shape index (κ2) is 9.12. The van der Waals surface area contributed by atoms with Crippen LogP contribution >= 0.6 is 0 Å². The molecule has 0 aliphatic carbocycles. The van der Waals surface area contributed by atoms with Gasteiger partial charge in [-0.15, -0.1) is 0 Å². The second-order valence-electron chi connectivity index (χ2n) is 5.51. The van der Waals surface area contributed by atoms with Gasteiger partial charge in [0.1, 0.15) is 0 Å². The number of nitrogens with zero attached hydrogens (tertiary/aromatic N) is 2. The largest absolute Gasteiger partial charge is 0.394 e. The topological polar surface area (TPSA) is 56.2 Å². The summed E-state index contributed by atoms with van der Waals surface area (Å²) in [5, 5.41) is 18.8. The van der Waals surface area contributed by atoms with Crippen LogP contribution in [0.2, 0.25) is 0 Å². The summed E-state index contributed by atoms with van der Waals surface area (Å²) in [6.07, 6.45) is -0.325. The third kappa shape index (κ3) is 6.11. The Hall–Kier alpha value is -0.980. The lowest BCUT2D eigenvalue weighted by molar-refractivity contribution is 0.0622. The highest BCUT2D eigenvalue weighted by molar-refractivity contribution is 5.14. The molecule has 1 atom stereocenters. The summed E-state index contributed by atoms with van der Waals surface area (Å²) in [5.74, 6) is 0. The Balaban J connectivity index is 1.77. The average Bonchev–Trinajstić information content (AvgIpc) is 2.66. The molecule has 5 nitrogen and oxygen atoms in total. The predicted octanol–water partition coefficient (Wildman–Crippen LogP) is 0.174. The number of hydrogen-bond donors (Lipinski definition) is 2. The summed E-state index contributed by atoms with van der Waals surface area (Å²) >= 11 is 0. The molecule has 0 unspecified atom stereocenters. The molecule has 1 aromatic rings. The SMILES string of the molecule is OCCOCCN1CCN(Cc2ccccc2)C[C@H](O)C1. The third-order valence-electron chi connectivity index (χ3n) is 3.71. The summed E-state index contributed by atoms with van der Waals surface area (Å²) in [5.41, 5.74) is 1.28. The molecule has 0 aromatic heterocycles. The van der Waals surface area contributed by atoms with Gasteiger partial charge >= 0.3 is 0 Å². The Morgan fingerprint density at radius 1 is 1.05 bits per heavy atom. The van der Waals surface area contributed by atoms with Gasteiger partial charge in [0.15, 0.2) is 0 Å². The molecule has 1 fully saturated rings. The van der Waals surface area contributed by atoms with Crippen molar-refractivity contribution in [3.8, 4) is 0 Å². The molecular weight excluding hydrogens is 268 g/mol. The van der Waals surface area contributed by atoms with Gasteiger partial charge in [0.2, 0.25) is 0 Å². The number of aliphatic hydroxyl groups is 2. The Bertz CT molecular complexity index is 388. The minimum Gasteiger partial charge on any atom is -0.394 e. The Kier molecular flexibility index (Phi) is 7.12. The molecule has 21 heavy (non-hydrogen) atoms. The molecule has 5 heteroatoms. The van der Waals surface area contributed by atoms with Crippen LogP contribution in [0.3, 0.4) is 0 Å². The molecule has 1 saturated heterocycles. The maximum absolute atomic E-state index is 10.1. The molecule has 1 heterocycles. The van der Waals surface area contributed by atoms with Crippen LogP contribution in [0.1, 0.15) is 5.56 Å². The normalized spacial score (nSPS) is 21.3. The molecule has 0 saturated carbocycles. The molecule has 118 valence electrons. The van der Waals surface area contributed by atoms with Gasteiger partial charge < -0.3 is 14.9 Å². The van der Waals surface area contributed by atoms with Gasteiger partial charge in [0.25, 0.3) is 0 Å². The van der Waals surface area contributed by atoms with Gasteiger partial charge in [-0.2, -0.15) is 0 Å². The maximum Gasteiger partial charge on any atom is 0.0793 e. The van der Waals surface area contributed by atoms with Gasteiger partial charge in [-0.05, 0) is 5.56 Å². The number of aliphatic hydroxyl groups excluding tert-OH is 2. The van der Waals surface area contributed by atoms with Crippen LogP contribution in [-0.2, 0) is 11.3 Å². The number of hydrogen-bond acceptors (Lipinski definition) is 5.